The molecule has 0 spiro atoms. The SMILES string of the molecule is C[C@@H](C(=O)Nc1ccccc1C#N)N1CCN(c2ccccn2)CC1. The molecule has 6 heteroatoms. The molecular weight excluding hydrogens is 314 g/mol. The van der Waals surface area contributed by atoms with Crippen molar-refractivity contribution in [1.29, 1.82) is 5.26 Å². The topological polar surface area (TPSA) is 72.3 Å². The van der Waals surface area contributed by atoms with Gasteiger partial charge in [-0.3, -0.25) is 9.69 Å². The molecule has 1 aliphatic rings. The number of pyridine rings is 1. The maximum atomic E-state index is 12.5. The zero-order valence-corrected chi connectivity index (χ0v) is 14.2. The third-order valence-electron chi connectivity index (χ3n) is 4.52. The lowest BCUT2D eigenvalue weighted by molar-refractivity contribution is -0.120. The van der Waals surface area contributed by atoms with Crippen molar-refractivity contribution < 1.29 is 4.79 Å². The lowest BCUT2D eigenvalue weighted by atomic mass is 10.1. The number of para-hydroxylation sites is 1. The zero-order chi connectivity index (χ0) is 17.6. The van der Waals surface area contributed by atoms with Gasteiger partial charge in [0.25, 0.3) is 0 Å². The van der Waals surface area contributed by atoms with Gasteiger partial charge >= 0.3 is 0 Å². The Balaban J connectivity index is 1.58. The Bertz CT molecular complexity index is 763. The van der Waals surface area contributed by atoms with Gasteiger partial charge in [-0.1, -0.05) is 18.2 Å². The van der Waals surface area contributed by atoms with Crippen LogP contribution in [0.15, 0.2) is 48.7 Å². The number of nitrogens with one attached hydrogen (secondary N) is 1. The van der Waals surface area contributed by atoms with E-state index < -0.39 is 0 Å². The predicted octanol–water partition coefficient (Wildman–Crippen LogP) is 2.10. The van der Waals surface area contributed by atoms with E-state index in [2.05, 4.69) is 26.2 Å². The second-order valence-corrected chi connectivity index (χ2v) is 6.03. The van der Waals surface area contributed by atoms with Crippen LogP contribution in [0.5, 0.6) is 0 Å². The Kier molecular flexibility index (Phi) is 5.26. The van der Waals surface area contributed by atoms with Crippen LogP contribution in [0.25, 0.3) is 0 Å². The fourth-order valence-corrected chi connectivity index (χ4v) is 2.97. The second kappa shape index (κ2) is 7.77. The molecule has 1 aliphatic heterocycles. The zero-order valence-electron chi connectivity index (χ0n) is 14.2. The third-order valence-corrected chi connectivity index (χ3v) is 4.52. The van der Waals surface area contributed by atoms with E-state index in [1.165, 1.54) is 0 Å². The minimum Gasteiger partial charge on any atom is -0.354 e. The van der Waals surface area contributed by atoms with E-state index in [0.29, 0.717) is 11.3 Å². The van der Waals surface area contributed by atoms with Crippen LogP contribution in [0.2, 0.25) is 0 Å². The van der Waals surface area contributed by atoms with Gasteiger partial charge in [-0.2, -0.15) is 5.26 Å². The molecule has 0 saturated carbocycles. The summed E-state index contributed by atoms with van der Waals surface area (Å²) in [5.41, 5.74) is 1.04. The number of aromatic nitrogens is 1. The largest absolute Gasteiger partial charge is 0.354 e. The van der Waals surface area contributed by atoms with Crippen LogP contribution < -0.4 is 10.2 Å². The van der Waals surface area contributed by atoms with Crippen molar-refractivity contribution in [2.24, 2.45) is 0 Å². The molecule has 2 aromatic rings. The normalized spacial score (nSPS) is 16.1. The smallest absolute Gasteiger partial charge is 0.241 e. The molecule has 1 atom stereocenters. The Hall–Kier alpha value is -2.91. The van der Waals surface area contributed by atoms with E-state index in [-0.39, 0.29) is 11.9 Å². The van der Waals surface area contributed by atoms with Crippen molar-refractivity contribution in [3.63, 3.8) is 0 Å². The minimum absolute atomic E-state index is 0.0889. The highest BCUT2D eigenvalue weighted by atomic mass is 16.2. The summed E-state index contributed by atoms with van der Waals surface area (Å²) >= 11 is 0. The molecule has 0 bridgehead atoms. The number of anilines is 2. The van der Waals surface area contributed by atoms with Gasteiger partial charge in [-0.15, -0.1) is 0 Å². The lowest BCUT2D eigenvalue weighted by Crippen LogP contribution is -2.53. The van der Waals surface area contributed by atoms with Crippen molar-refractivity contribution in [3.8, 4) is 6.07 Å². The number of carbonyl (C=O) groups is 1. The van der Waals surface area contributed by atoms with E-state index in [0.717, 1.165) is 32.0 Å². The van der Waals surface area contributed by atoms with Crippen molar-refractivity contribution in [1.82, 2.24) is 9.88 Å². The minimum atomic E-state index is -0.252. The number of nitriles is 1. The number of benzene rings is 1. The molecule has 1 N–H and O–H groups in total. The van der Waals surface area contributed by atoms with Gasteiger partial charge in [0.1, 0.15) is 11.9 Å². The second-order valence-electron chi connectivity index (χ2n) is 6.03. The van der Waals surface area contributed by atoms with Gasteiger partial charge in [0, 0.05) is 32.4 Å². The third kappa shape index (κ3) is 3.95. The number of amides is 1. The van der Waals surface area contributed by atoms with Gasteiger partial charge in [-0.25, -0.2) is 4.98 Å². The molecule has 2 heterocycles. The first-order chi connectivity index (χ1) is 12.2. The van der Waals surface area contributed by atoms with Gasteiger partial charge in [0.2, 0.25) is 5.91 Å². The average Bonchev–Trinajstić information content (AvgIpc) is 2.68. The number of nitrogens with zero attached hydrogens (tertiary/aromatic N) is 4. The van der Waals surface area contributed by atoms with Gasteiger partial charge < -0.3 is 10.2 Å². The molecule has 1 fully saturated rings. The first-order valence-corrected chi connectivity index (χ1v) is 8.39. The Morgan fingerprint density at radius 3 is 2.56 bits per heavy atom. The monoisotopic (exact) mass is 335 g/mol. The van der Waals surface area contributed by atoms with Gasteiger partial charge in [-0.05, 0) is 31.2 Å². The average molecular weight is 335 g/mol. The van der Waals surface area contributed by atoms with Crippen molar-refractivity contribution in [3.05, 3.63) is 54.2 Å². The number of hydrogen-bond donors (Lipinski definition) is 1. The molecule has 1 amide bonds. The van der Waals surface area contributed by atoms with Crippen LogP contribution >= 0.6 is 0 Å². The fourth-order valence-electron chi connectivity index (χ4n) is 2.97. The molecular formula is C19H21N5O. The molecule has 128 valence electrons. The summed E-state index contributed by atoms with van der Waals surface area (Å²) in [6.07, 6.45) is 1.80. The highest BCUT2D eigenvalue weighted by Crippen LogP contribution is 2.17. The molecule has 1 saturated heterocycles. The van der Waals surface area contributed by atoms with Crippen LogP contribution in [0.4, 0.5) is 11.5 Å². The summed E-state index contributed by atoms with van der Waals surface area (Å²) in [7, 11) is 0. The summed E-state index contributed by atoms with van der Waals surface area (Å²) in [6.45, 7) is 5.17. The lowest BCUT2D eigenvalue weighted by Gasteiger charge is -2.37. The highest BCUT2D eigenvalue weighted by Gasteiger charge is 2.26. The van der Waals surface area contributed by atoms with Crippen LogP contribution in [0.1, 0.15) is 12.5 Å². The van der Waals surface area contributed by atoms with Gasteiger partial charge in [0.05, 0.1) is 17.3 Å². The van der Waals surface area contributed by atoms with E-state index in [9.17, 15) is 4.79 Å². The number of piperazine rings is 1. The summed E-state index contributed by atoms with van der Waals surface area (Å²) in [5, 5.41) is 12.0. The molecule has 0 unspecified atom stereocenters. The molecule has 25 heavy (non-hydrogen) atoms. The molecule has 6 nitrogen and oxygen atoms in total. The quantitative estimate of drug-likeness (QED) is 0.926. The van der Waals surface area contributed by atoms with Crippen LogP contribution in [-0.2, 0) is 4.79 Å². The van der Waals surface area contributed by atoms with Crippen molar-refractivity contribution in [2.75, 3.05) is 36.4 Å². The van der Waals surface area contributed by atoms with Crippen LogP contribution in [0.3, 0.4) is 0 Å². The fraction of sp³-hybridized carbons (Fsp3) is 0.316. The summed E-state index contributed by atoms with van der Waals surface area (Å²) in [6, 6.07) is 14.8. The summed E-state index contributed by atoms with van der Waals surface area (Å²) in [5.74, 6) is 0.885. The number of hydrogen-bond acceptors (Lipinski definition) is 5. The molecule has 1 aromatic carbocycles. The first kappa shape index (κ1) is 16.9. The summed E-state index contributed by atoms with van der Waals surface area (Å²) in [4.78, 5) is 21.3. The number of rotatable bonds is 4. The van der Waals surface area contributed by atoms with Crippen molar-refractivity contribution in [2.45, 2.75) is 13.0 Å². The van der Waals surface area contributed by atoms with E-state index in [1.54, 1.807) is 24.4 Å². The van der Waals surface area contributed by atoms with Gasteiger partial charge in [0.15, 0.2) is 0 Å². The standard InChI is InChI=1S/C19H21N5O/c1-15(19(25)22-17-7-3-2-6-16(17)14-20)23-10-12-24(13-11-23)18-8-4-5-9-21-18/h2-9,15H,10-13H2,1H3,(H,22,25)/t15-/m0/s1. The number of carbonyl (C=O) groups excluding carboxylic acids is 1. The molecule has 1 aromatic heterocycles. The summed E-state index contributed by atoms with van der Waals surface area (Å²) < 4.78 is 0. The van der Waals surface area contributed by atoms with E-state index in [1.807, 2.05) is 31.2 Å². The maximum absolute atomic E-state index is 12.5. The molecule has 3 rings (SSSR count). The predicted molar refractivity (Wildman–Crippen MR) is 97.3 cm³/mol. The highest BCUT2D eigenvalue weighted by molar-refractivity contribution is 5.95. The Labute approximate surface area is 147 Å². The van der Waals surface area contributed by atoms with Crippen LogP contribution in [0, 0.1) is 11.3 Å². The Morgan fingerprint density at radius 2 is 1.88 bits per heavy atom. The molecule has 0 radical (unpaired) electrons. The molecule has 0 aliphatic carbocycles. The Morgan fingerprint density at radius 1 is 1.16 bits per heavy atom. The first-order valence-electron chi connectivity index (χ1n) is 8.39. The maximum Gasteiger partial charge on any atom is 0.241 e. The van der Waals surface area contributed by atoms with E-state index in [4.69, 9.17) is 5.26 Å². The van der Waals surface area contributed by atoms with E-state index >= 15 is 0 Å². The van der Waals surface area contributed by atoms with Crippen LogP contribution in [-0.4, -0.2) is 48.0 Å². The van der Waals surface area contributed by atoms with Crippen molar-refractivity contribution >= 4 is 17.4 Å².